The van der Waals surface area contributed by atoms with Gasteiger partial charge >= 0.3 is 0 Å². The van der Waals surface area contributed by atoms with E-state index in [1.165, 1.54) is 0 Å². The van der Waals surface area contributed by atoms with Gasteiger partial charge in [-0.05, 0) is 54.9 Å². The Balaban J connectivity index is 1.73. The summed E-state index contributed by atoms with van der Waals surface area (Å²) < 4.78 is 5.99. The predicted molar refractivity (Wildman–Crippen MR) is 123 cm³/mol. The molecule has 31 heavy (non-hydrogen) atoms. The third-order valence-electron chi connectivity index (χ3n) is 6.03. The van der Waals surface area contributed by atoms with Crippen molar-refractivity contribution in [2.45, 2.75) is 38.7 Å². The Kier molecular flexibility index (Phi) is 6.11. The summed E-state index contributed by atoms with van der Waals surface area (Å²) in [5.41, 5.74) is 3.10. The van der Waals surface area contributed by atoms with E-state index < -0.39 is 12.3 Å². The lowest BCUT2D eigenvalue weighted by Crippen LogP contribution is -2.56. The van der Waals surface area contributed by atoms with Crippen LogP contribution in [0.3, 0.4) is 0 Å². The van der Waals surface area contributed by atoms with Gasteiger partial charge in [0.2, 0.25) is 5.91 Å². The lowest BCUT2D eigenvalue weighted by atomic mass is 9.98. The molecule has 0 spiro atoms. The van der Waals surface area contributed by atoms with Crippen LogP contribution in [0.1, 0.15) is 18.1 Å². The topological polar surface area (TPSA) is 73.8 Å². The van der Waals surface area contributed by atoms with Crippen molar-refractivity contribution in [1.82, 2.24) is 10.6 Å². The fraction of sp³-hybridized carbons (Fsp3) is 0.320. The molecule has 0 fully saturated rings. The number of aliphatic hydroxyl groups excluding tert-OH is 1. The minimum atomic E-state index is -0.949. The molecule has 4 rings (SSSR count). The van der Waals surface area contributed by atoms with E-state index in [0.717, 1.165) is 27.6 Å². The first-order valence-electron chi connectivity index (χ1n) is 10.6. The SMILES string of the molecule is CNC(C)C(=O)NC1COc2ccccc2N(Cc2c(C)ccc3ccccc23)C1O. The van der Waals surface area contributed by atoms with Gasteiger partial charge < -0.3 is 25.4 Å². The summed E-state index contributed by atoms with van der Waals surface area (Å²) >= 11 is 0. The highest BCUT2D eigenvalue weighted by atomic mass is 16.5. The van der Waals surface area contributed by atoms with Crippen molar-refractivity contribution >= 4 is 22.4 Å². The summed E-state index contributed by atoms with van der Waals surface area (Å²) in [5.74, 6) is 0.514. The van der Waals surface area contributed by atoms with Crippen molar-refractivity contribution in [3.05, 3.63) is 71.8 Å². The quantitative estimate of drug-likeness (QED) is 0.593. The molecule has 3 aromatic carbocycles. The number of likely N-dealkylation sites (N-methyl/N-ethyl adjacent to an activating group) is 1. The number of para-hydroxylation sites is 2. The molecule has 3 N–H and O–H groups in total. The standard InChI is InChI=1S/C25H29N3O3/c1-16-12-13-18-8-4-5-9-19(18)20(16)14-28-22-10-6-7-11-23(22)31-15-21(25(28)30)27-24(29)17(2)26-3/h4-13,17,21,25-26,30H,14-15H2,1-3H3,(H,27,29). The number of benzene rings is 3. The third kappa shape index (κ3) is 4.22. The van der Waals surface area contributed by atoms with Gasteiger partial charge in [-0.15, -0.1) is 0 Å². The number of ether oxygens (including phenoxy) is 1. The van der Waals surface area contributed by atoms with Crippen molar-refractivity contribution in [2.24, 2.45) is 0 Å². The van der Waals surface area contributed by atoms with Gasteiger partial charge in [0.05, 0.1) is 11.7 Å². The molecule has 1 aliphatic heterocycles. The molecule has 6 heteroatoms. The summed E-state index contributed by atoms with van der Waals surface area (Å²) in [6.07, 6.45) is -0.949. The van der Waals surface area contributed by atoms with E-state index in [1.807, 2.05) is 41.3 Å². The predicted octanol–water partition coefficient (Wildman–Crippen LogP) is 2.96. The fourth-order valence-corrected chi connectivity index (χ4v) is 4.00. The number of anilines is 1. The average molecular weight is 420 g/mol. The second-order valence-electron chi connectivity index (χ2n) is 8.03. The van der Waals surface area contributed by atoms with E-state index in [0.29, 0.717) is 12.3 Å². The Bertz CT molecular complexity index is 1080. The van der Waals surface area contributed by atoms with Crippen molar-refractivity contribution in [3.8, 4) is 5.75 Å². The number of hydrogen-bond donors (Lipinski definition) is 3. The molecule has 0 bridgehead atoms. The number of carbonyl (C=O) groups is 1. The lowest BCUT2D eigenvalue weighted by molar-refractivity contribution is -0.124. The molecule has 0 aromatic heterocycles. The molecule has 3 aromatic rings. The number of hydrogen-bond acceptors (Lipinski definition) is 5. The van der Waals surface area contributed by atoms with Crippen LogP contribution >= 0.6 is 0 Å². The summed E-state index contributed by atoms with van der Waals surface area (Å²) in [7, 11) is 1.73. The molecule has 0 radical (unpaired) electrons. The summed E-state index contributed by atoms with van der Waals surface area (Å²) in [6.45, 7) is 4.54. The second kappa shape index (κ2) is 8.96. The number of aryl methyl sites for hydroxylation is 1. The van der Waals surface area contributed by atoms with E-state index in [9.17, 15) is 9.90 Å². The zero-order valence-electron chi connectivity index (χ0n) is 18.1. The van der Waals surface area contributed by atoms with Crippen molar-refractivity contribution in [3.63, 3.8) is 0 Å². The number of nitrogens with zero attached hydrogens (tertiary/aromatic N) is 1. The summed E-state index contributed by atoms with van der Waals surface area (Å²) in [5, 5.41) is 19.6. The summed E-state index contributed by atoms with van der Waals surface area (Å²) in [4.78, 5) is 14.4. The Morgan fingerprint density at radius 1 is 1.16 bits per heavy atom. The van der Waals surface area contributed by atoms with E-state index in [1.54, 1.807) is 14.0 Å². The smallest absolute Gasteiger partial charge is 0.237 e. The molecule has 3 atom stereocenters. The van der Waals surface area contributed by atoms with Gasteiger partial charge in [-0.3, -0.25) is 4.79 Å². The molecule has 0 saturated heterocycles. The Morgan fingerprint density at radius 3 is 2.71 bits per heavy atom. The fourth-order valence-electron chi connectivity index (χ4n) is 4.00. The Labute approximate surface area is 182 Å². The van der Waals surface area contributed by atoms with Gasteiger partial charge in [0.25, 0.3) is 0 Å². The number of aliphatic hydroxyl groups is 1. The van der Waals surface area contributed by atoms with E-state index in [4.69, 9.17) is 4.74 Å². The summed E-state index contributed by atoms with van der Waals surface area (Å²) in [6, 6.07) is 19.2. The number of fused-ring (bicyclic) bond motifs is 2. The zero-order chi connectivity index (χ0) is 22.0. The molecule has 1 aliphatic rings. The van der Waals surface area contributed by atoms with Gasteiger partial charge in [0.1, 0.15) is 18.4 Å². The van der Waals surface area contributed by atoms with E-state index in [-0.39, 0.29) is 18.6 Å². The van der Waals surface area contributed by atoms with E-state index in [2.05, 4.69) is 41.8 Å². The molecule has 0 aliphatic carbocycles. The van der Waals surface area contributed by atoms with Gasteiger partial charge in [0.15, 0.2) is 6.23 Å². The van der Waals surface area contributed by atoms with Gasteiger partial charge in [-0.25, -0.2) is 0 Å². The van der Waals surface area contributed by atoms with Crippen LogP contribution in [-0.2, 0) is 11.3 Å². The minimum Gasteiger partial charge on any atom is -0.489 e. The largest absolute Gasteiger partial charge is 0.489 e. The maximum Gasteiger partial charge on any atom is 0.237 e. The molecule has 6 nitrogen and oxygen atoms in total. The maximum atomic E-state index is 12.5. The molecule has 0 saturated carbocycles. The number of amides is 1. The average Bonchev–Trinajstić information content (AvgIpc) is 2.92. The third-order valence-corrected chi connectivity index (χ3v) is 6.03. The normalized spacial score (nSPS) is 19.3. The van der Waals surface area contributed by atoms with Crippen LogP contribution in [0.25, 0.3) is 10.8 Å². The highest BCUT2D eigenvalue weighted by Crippen LogP contribution is 2.35. The van der Waals surface area contributed by atoms with Gasteiger partial charge in [-0.1, -0.05) is 48.5 Å². The number of rotatable bonds is 5. The van der Waals surface area contributed by atoms with Crippen molar-refractivity contribution < 1.29 is 14.6 Å². The Morgan fingerprint density at radius 2 is 1.90 bits per heavy atom. The first-order valence-corrected chi connectivity index (χ1v) is 10.6. The van der Waals surface area contributed by atoms with Crippen LogP contribution in [0.4, 0.5) is 5.69 Å². The van der Waals surface area contributed by atoms with Crippen molar-refractivity contribution in [1.29, 1.82) is 0 Å². The molecular weight excluding hydrogens is 390 g/mol. The van der Waals surface area contributed by atoms with Crippen LogP contribution in [0, 0.1) is 6.92 Å². The zero-order valence-corrected chi connectivity index (χ0v) is 18.1. The molecular formula is C25H29N3O3. The molecule has 1 amide bonds. The van der Waals surface area contributed by atoms with E-state index >= 15 is 0 Å². The second-order valence-corrected chi connectivity index (χ2v) is 8.03. The molecule has 162 valence electrons. The molecule has 3 unspecified atom stereocenters. The van der Waals surface area contributed by atoms with Gasteiger partial charge in [0, 0.05) is 6.54 Å². The van der Waals surface area contributed by atoms with Crippen LogP contribution in [0.15, 0.2) is 60.7 Å². The van der Waals surface area contributed by atoms with Crippen LogP contribution in [-0.4, -0.2) is 43.0 Å². The highest BCUT2D eigenvalue weighted by Gasteiger charge is 2.33. The van der Waals surface area contributed by atoms with Crippen molar-refractivity contribution in [2.75, 3.05) is 18.6 Å². The monoisotopic (exact) mass is 419 g/mol. The van der Waals surface area contributed by atoms with Crippen LogP contribution in [0.5, 0.6) is 5.75 Å². The first-order chi connectivity index (χ1) is 15.0. The highest BCUT2D eigenvalue weighted by molar-refractivity contribution is 5.87. The van der Waals surface area contributed by atoms with Gasteiger partial charge in [-0.2, -0.15) is 0 Å². The molecule has 1 heterocycles. The first kappa shape index (κ1) is 21.2. The maximum absolute atomic E-state index is 12.5. The number of carbonyl (C=O) groups excluding carboxylic acids is 1. The van der Waals surface area contributed by atoms with Crippen LogP contribution in [0.2, 0.25) is 0 Å². The lowest BCUT2D eigenvalue weighted by Gasteiger charge is -2.33. The number of nitrogens with one attached hydrogen (secondary N) is 2. The Hall–Kier alpha value is -3.09. The minimum absolute atomic E-state index is 0.178. The van der Waals surface area contributed by atoms with Crippen LogP contribution < -0.4 is 20.3 Å².